The third kappa shape index (κ3) is 1.95. The highest BCUT2D eigenvalue weighted by molar-refractivity contribution is 5.80. The van der Waals surface area contributed by atoms with E-state index in [1.165, 1.54) is 6.07 Å². The normalized spacial score (nSPS) is 10.6. The molecule has 3 aromatic rings. The number of H-pyrrole nitrogens is 1. The van der Waals surface area contributed by atoms with E-state index < -0.39 is 0 Å². The largest absolute Gasteiger partial charge is 0.338 e. The Balaban J connectivity index is 2.21. The van der Waals surface area contributed by atoms with Crippen LogP contribution in [-0.4, -0.2) is 9.97 Å². The van der Waals surface area contributed by atoms with Crippen LogP contribution in [0.3, 0.4) is 0 Å². The van der Waals surface area contributed by atoms with Crippen molar-refractivity contribution in [1.82, 2.24) is 9.97 Å². The second kappa shape index (κ2) is 4.21. The van der Waals surface area contributed by atoms with Crippen molar-refractivity contribution in [1.29, 1.82) is 5.26 Å². The summed E-state index contributed by atoms with van der Waals surface area (Å²) in [4.78, 5) is 7.41. The second-order valence-electron chi connectivity index (χ2n) is 4.41. The molecule has 0 aliphatic rings. The summed E-state index contributed by atoms with van der Waals surface area (Å²) in [6.07, 6.45) is 0. The molecule has 3 nitrogen and oxygen atoms in total. The fourth-order valence-corrected chi connectivity index (χ4v) is 2.03. The minimum absolute atomic E-state index is 0.315. The van der Waals surface area contributed by atoms with E-state index in [0.717, 1.165) is 16.6 Å². The van der Waals surface area contributed by atoms with Gasteiger partial charge in [0.2, 0.25) is 0 Å². The molecule has 0 saturated carbocycles. The van der Waals surface area contributed by atoms with Gasteiger partial charge in [-0.3, -0.25) is 0 Å². The third-order valence-corrected chi connectivity index (χ3v) is 2.99. The van der Waals surface area contributed by atoms with E-state index in [1.807, 2.05) is 6.92 Å². The number of fused-ring (bicyclic) bond motifs is 1. The van der Waals surface area contributed by atoms with Crippen LogP contribution in [-0.2, 0) is 0 Å². The molecule has 0 saturated heterocycles. The predicted molar refractivity (Wildman–Crippen MR) is 70.9 cm³/mol. The van der Waals surface area contributed by atoms with E-state index in [-0.39, 0.29) is 5.82 Å². The molecule has 4 heteroatoms. The van der Waals surface area contributed by atoms with Crippen molar-refractivity contribution in [3.05, 3.63) is 53.3 Å². The minimum Gasteiger partial charge on any atom is -0.338 e. The van der Waals surface area contributed by atoms with Crippen molar-refractivity contribution in [2.75, 3.05) is 0 Å². The van der Waals surface area contributed by atoms with Gasteiger partial charge < -0.3 is 4.98 Å². The molecular formula is C15H10FN3. The first-order valence-electron chi connectivity index (χ1n) is 5.84. The molecule has 0 amide bonds. The Morgan fingerprint density at radius 2 is 2.05 bits per heavy atom. The van der Waals surface area contributed by atoms with Crippen LogP contribution >= 0.6 is 0 Å². The number of aromatic nitrogens is 2. The summed E-state index contributed by atoms with van der Waals surface area (Å²) in [5.41, 5.74) is 3.40. The third-order valence-electron chi connectivity index (χ3n) is 2.99. The van der Waals surface area contributed by atoms with Crippen LogP contribution < -0.4 is 0 Å². The van der Waals surface area contributed by atoms with Gasteiger partial charge in [0.15, 0.2) is 0 Å². The van der Waals surface area contributed by atoms with E-state index >= 15 is 0 Å². The fourth-order valence-electron chi connectivity index (χ4n) is 2.03. The Morgan fingerprint density at radius 3 is 2.84 bits per heavy atom. The zero-order valence-corrected chi connectivity index (χ0v) is 10.2. The number of halogens is 1. The number of aryl methyl sites for hydroxylation is 1. The van der Waals surface area contributed by atoms with E-state index in [4.69, 9.17) is 5.26 Å². The molecule has 19 heavy (non-hydrogen) atoms. The molecule has 0 atom stereocenters. The lowest BCUT2D eigenvalue weighted by molar-refractivity contribution is 0.630. The zero-order valence-electron chi connectivity index (χ0n) is 10.2. The second-order valence-corrected chi connectivity index (χ2v) is 4.41. The predicted octanol–water partition coefficient (Wildman–Crippen LogP) is 3.55. The fraction of sp³-hybridized carbons (Fsp3) is 0.0667. The maximum atomic E-state index is 13.8. The number of nitrogens with one attached hydrogen (secondary N) is 1. The van der Waals surface area contributed by atoms with Crippen molar-refractivity contribution in [3.8, 4) is 17.5 Å². The highest BCUT2D eigenvalue weighted by Gasteiger charge is 2.10. The molecule has 2 aromatic carbocycles. The summed E-state index contributed by atoms with van der Waals surface area (Å²) in [6, 6.07) is 12.1. The summed E-state index contributed by atoms with van der Waals surface area (Å²) in [7, 11) is 0. The Hall–Kier alpha value is -2.67. The molecule has 0 unspecified atom stereocenters. The van der Waals surface area contributed by atoms with Gasteiger partial charge >= 0.3 is 0 Å². The number of imidazole rings is 1. The number of hydrogen-bond acceptors (Lipinski definition) is 2. The molecule has 0 fully saturated rings. The molecule has 3 rings (SSSR count). The molecule has 0 bridgehead atoms. The Bertz CT molecular complexity index is 812. The highest BCUT2D eigenvalue weighted by atomic mass is 19.1. The minimum atomic E-state index is -0.315. The first kappa shape index (κ1) is 11.4. The lowest BCUT2D eigenvalue weighted by Crippen LogP contribution is -1.87. The van der Waals surface area contributed by atoms with Crippen LogP contribution in [0.15, 0.2) is 36.4 Å². The highest BCUT2D eigenvalue weighted by Crippen LogP contribution is 2.24. The lowest BCUT2D eigenvalue weighted by Gasteiger charge is -2.00. The van der Waals surface area contributed by atoms with Gasteiger partial charge in [0.05, 0.1) is 28.2 Å². The SMILES string of the molecule is Cc1ccc(F)c(-c2nc3ccc(C#N)cc3[nH]2)c1. The summed E-state index contributed by atoms with van der Waals surface area (Å²) < 4.78 is 13.8. The van der Waals surface area contributed by atoms with Gasteiger partial charge in [-0.1, -0.05) is 11.6 Å². The van der Waals surface area contributed by atoms with Gasteiger partial charge in [-0.25, -0.2) is 9.37 Å². The number of rotatable bonds is 1. The first-order chi connectivity index (χ1) is 9.17. The topological polar surface area (TPSA) is 52.5 Å². The lowest BCUT2D eigenvalue weighted by atomic mass is 10.1. The van der Waals surface area contributed by atoms with Crippen LogP contribution in [0, 0.1) is 24.1 Å². The molecule has 1 heterocycles. The zero-order chi connectivity index (χ0) is 13.4. The van der Waals surface area contributed by atoms with Crippen molar-refractivity contribution in [2.24, 2.45) is 0 Å². The molecule has 0 aliphatic heterocycles. The number of nitriles is 1. The van der Waals surface area contributed by atoms with Crippen LogP contribution in [0.2, 0.25) is 0 Å². The molecule has 1 N–H and O–H groups in total. The Morgan fingerprint density at radius 1 is 1.21 bits per heavy atom. The standard InChI is InChI=1S/C15H10FN3/c1-9-2-4-12(16)11(6-9)15-18-13-5-3-10(8-17)7-14(13)19-15/h2-7H,1H3,(H,18,19). The van der Waals surface area contributed by atoms with E-state index in [0.29, 0.717) is 17.0 Å². The van der Waals surface area contributed by atoms with E-state index in [2.05, 4.69) is 16.0 Å². The average molecular weight is 251 g/mol. The van der Waals surface area contributed by atoms with Gasteiger partial charge in [0.25, 0.3) is 0 Å². The van der Waals surface area contributed by atoms with Crippen molar-refractivity contribution in [2.45, 2.75) is 6.92 Å². The monoisotopic (exact) mass is 251 g/mol. The van der Waals surface area contributed by atoms with Crippen molar-refractivity contribution in [3.63, 3.8) is 0 Å². The van der Waals surface area contributed by atoms with Crippen LogP contribution in [0.4, 0.5) is 4.39 Å². The maximum Gasteiger partial charge on any atom is 0.141 e. The maximum absolute atomic E-state index is 13.8. The van der Waals surface area contributed by atoms with Gasteiger partial charge in [0, 0.05) is 0 Å². The van der Waals surface area contributed by atoms with Gasteiger partial charge in [0.1, 0.15) is 11.6 Å². The molecule has 92 valence electrons. The first-order valence-corrected chi connectivity index (χ1v) is 5.84. The van der Waals surface area contributed by atoms with Crippen LogP contribution in [0.1, 0.15) is 11.1 Å². The molecule has 0 radical (unpaired) electrons. The van der Waals surface area contributed by atoms with Gasteiger partial charge in [-0.15, -0.1) is 0 Å². The number of nitrogens with zero attached hydrogens (tertiary/aromatic N) is 2. The van der Waals surface area contributed by atoms with E-state index in [1.54, 1.807) is 30.3 Å². The van der Waals surface area contributed by atoms with Gasteiger partial charge in [-0.05, 0) is 37.3 Å². The number of benzene rings is 2. The van der Waals surface area contributed by atoms with Gasteiger partial charge in [-0.2, -0.15) is 5.26 Å². The summed E-state index contributed by atoms with van der Waals surface area (Å²) in [5, 5.41) is 8.86. The molecule has 0 spiro atoms. The van der Waals surface area contributed by atoms with E-state index in [9.17, 15) is 4.39 Å². The molecule has 0 aliphatic carbocycles. The quantitative estimate of drug-likeness (QED) is 0.719. The van der Waals surface area contributed by atoms with Crippen LogP contribution in [0.5, 0.6) is 0 Å². The molecule has 1 aromatic heterocycles. The smallest absolute Gasteiger partial charge is 0.141 e. The number of aromatic amines is 1. The Labute approximate surface area is 109 Å². The Kier molecular flexibility index (Phi) is 2.53. The van der Waals surface area contributed by atoms with Crippen LogP contribution in [0.25, 0.3) is 22.4 Å². The summed E-state index contributed by atoms with van der Waals surface area (Å²) in [6.45, 7) is 1.90. The van der Waals surface area contributed by atoms with Crippen molar-refractivity contribution < 1.29 is 4.39 Å². The summed E-state index contributed by atoms with van der Waals surface area (Å²) in [5.74, 6) is 0.163. The average Bonchev–Trinajstić information content (AvgIpc) is 2.83. The van der Waals surface area contributed by atoms with Crippen molar-refractivity contribution >= 4 is 11.0 Å². The number of hydrogen-bond donors (Lipinski definition) is 1. The molecular weight excluding hydrogens is 241 g/mol. The summed E-state index contributed by atoms with van der Waals surface area (Å²) >= 11 is 0.